The van der Waals surface area contributed by atoms with Crippen molar-refractivity contribution in [3.05, 3.63) is 206 Å². The zero-order chi connectivity index (χ0) is 38.6. The summed E-state index contributed by atoms with van der Waals surface area (Å²) in [4.78, 5) is 13.2. The third-order valence-corrected chi connectivity index (χ3v) is 12.6. The average molecular weight is 754 g/mol. The van der Waals surface area contributed by atoms with E-state index < -0.39 is 0 Å². The van der Waals surface area contributed by atoms with Crippen LogP contribution in [-0.2, 0) is 0 Å². The minimum absolute atomic E-state index is 0.164. The molecule has 0 radical (unpaired) electrons. The largest absolute Gasteiger partial charge is 0.333 e. The molecule has 0 saturated heterocycles. The van der Waals surface area contributed by atoms with E-state index in [9.17, 15) is 0 Å². The molecule has 11 aromatic rings. The molecule has 1 aliphatic carbocycles. The SMILES string of the molecule is C1=CC2c3c(ccc4c3c3ccccc3n4-c3cccc4c3c3ccccc3n4-c3nc(-c4ccccc4)c4ccccc4n3)N(c3cccc4ccccc34)C2C=C1. The number of allylic oxidation sites excluding steroid dienone is 2. The molecule has 0 amide bonds. The third-order valence-electron chi connectivity index (χ3n) is 12.6. The molecule has 0 bridgehead atoms. The van der Waals surface area contributed by atoms with Crippen LogP contribution >= 0.6 is 0 Å². The predicted molar refractivity (Wildman–Crippen MR) is 245 cm³/mol. The van der Waals surface area contributed by atoms with Gasteiger partial charge in [-0.05, 0) is 59.5 Å². The number of hydrogen-bond donors (Lipinski definition) is 0. The summed E-state index contributed by atoms with van der Waals surface area (Å²) in [6.45, 7) is 0. The molecule has 2 unspecified atom stereocenters. The second-order valence-corrected chi connectivity index (χ2v) is 15.7. The maximum atomic E-state index is 5.36. The van der Waals surface area contributed by atoms with Gasteiger partial charge in [-0.2, -0.15) is 0 Å². The first-order valence-electron chi connectivity index (χ1n) is 20.3. The lowest BCUT2D eigenvalue weighted by molar-refractivity contribution is 0.749. The number of fused-ring (bicyclic) bond motifs is 12. The lowest BCUT2D eigenvalue weighted by Crippen LogP contribution is -2.28. The highest BCUT2D eigenvalue weighted by atomic mass is 15.2. The first-order valence-corrected chi connectivity index (χ1v) is 20.3. The van der Waals surface area contributed by atoms with Crippen molar-refractivity contribution in [1.29, 1.82) is 0 Å². The molecule has 8 aromatic carbocycles. The Bertz CT molecular complexity index is 3580. The highest BCUT2D eigenvalue weighted by Gasteiger charge is 2.40. The Labute approximate surface area is 340 Å². The molecule has 2 atom stereocenters. The fourth-order valence-corrected chi connectivity index (χ4v) is 10.2. The molecule has 3 aromatic heterocycles. The Hall–Kier alpha value is -7.76. The van der Waals surface area contributed by atoms with E-state index in [0.29, 0.717) is 5.95 Å². The van der Waals surface area contributed by atoms with Crippen molar-refractivity contribution in [3.8, 4) is 22.9 Å². The van der Waals surface area contributed by atoms with E-state index >= 15 is 0 Å². The molecule has 2 aliphatic rings. The zero-order valence-electron chi connectivity index (χ0n) is 31.9. The zero-order valence-corrected chi connectivity index (χ0v) is 31.9. The van der Waals surface area contributed by atoms with E-state index in [4.69, 9.17) is 9.97 Å². The fraction of sp³-hybridized carbons (Fsp3) is 0.0370. The van der Waals surface area contributed by atoms with Crippen LogP contribution in [0.25, 0.3) is 88.2 Å². The van der Waals surface area contributed by atoms with Gasteiger partial charge >= 0.3 is 0 Å². The summed E-state index contributed by atoms with van der Waals surface area (Å²) in [7, 11) is 0. The summed E-state index contributed by atoms with van der Waals surface area (Å²) in [5, 5.41) is 8.44. The predicted octanol–water partition coefficient (Wildman–Crippen LogP) is 13.4. The van der Waals surface area contributed by atoms with Crippen LogP contribution in [0.5, 0.6) is 0 Å². The van der Waals surface area contributed by atoms with Gasteiger partial charge in [0.25, 0.3) is 0 Å². The molecule has 276 valence electrons. The topological polar surface area (TPSA) is 38.9 Å². The highest BCUT2D eigenvalue weighted by Crippen LogP contribution is 2.54. The van der Waals surface area contributed by atoms with Crippen LogP contribution in [0.15, 0.2) is 200 Å². The number of para-hydroxylation sites is 3. The molecule has 13 rings (SSSR count). The van der Waals surface area contributed by atoms with Gasteiger partial charge in [-0.25, -0.2) is 9.97 Å². The minimum Gasteiger partial charge on any atom is -0.333 e. The number of anilines is 2. The van der Waals surface area contributed by atoms with Crippen molar-refractivity contribution >= 4 is 76.7 Å². The van der Waals surface area contributed by atoms with E-state index in [0.717, 1.165) is 44.3 Å². The van der Waals surface area contributed by atoms with Crippen molar-refractivity contribution in [2.24, 2.45) is 0 Å². The molecule has 4 heterocycles. The molecule has 0 N–H and O–H groups in total. The molecule has 0 fully saturated rings. The fourth-order valence-electron chi connectivity index (χ4n) is 10.2. The Kier molecular flexibility index (Phi) is 6.78. The lowest BCUT2D eigenvalue weighted by atomic mass is 9.88. The van der Waals surface area contributed by atoms with Gasteiger partial charge < -0.3 is 9.47 Å². The van der Waals surface area contributed by atoms with E-state index in [1.54, 1.807) is 0 Å². The Morgan fingerprint density at radius 1 is 0.407 bits per heavy atom. The maximum Gasteiger partial charge on any atom is 0.235 e. The van der Waals surface area contributed by atoms with Crippen molar-refractivity contribution in [3.63, 3.8) is 0 Å². The molecule has 59 heavy (non-hydrogen) atoms. The van der Waals surface area contributed by atoms with Gasteiger partial charge in [0.15, 0.2) is 0 Å². The number of nitrogens with zero attached hydrogens (tertiary/aromatic N) is 5. The number of hydrogen-bond acceptors (Lipinski definition) is 3. The van der Waals surface area contributed by atoms with Crippen molar-refractivity contribution in [2.45, 2.75) is 12.0 Å². The van der Waals surface area contributed by atoms with E-state index in [1.165, 1.54) is 54.9 Å². The second kappa shape index (κ2) is 12.4. The van der Waals surface area contributed by atoms with Gasteiger partial charge in [-0.3, -0.25) is 4.57 Å². The lowest BCUT2D eigenvalue weighted by Gasteiger charge is -2.29. The molecular formula is C54H35N5. The normalized spacial score (nSPS) is 16.0. The number of benzene rings is 8. The van der Waals surface area contributed by atoms with Crippen LogP contribution in [0, 0.1) is 0 Å². The van der Waals surface area contributed by atoms with Crippen LogP contribution in [0.1, 0.15) is 11.5 Å². The van der Waals surface area contributed by atoms with Crippen LogP contribution in [-0.4, -0.2) is 25.1 Å². The number of rotatable bonds is 4. The van der Waals surface area contributed by atoms with Gasteiger partial charge in [-0.15, -0.1) is 0 Å². The molecule has 0 saturated carbocycles. The first kappa shape index (κ1) is 32.3. The molecule has 1 aliphatic heterocycles. The smallest absolute Gasteiger partial charge is 0.235 e. The maximum absolute atomic E-state index is 5.36. The van der Waals surface area contributed by atoms with Gasteiger partial charge in [0.1, 0.15) is 0 Å². The first-order chi connectivity index (χ1) is 29.3. The average Bonchev–Trinajstić information content (AvgIpc) is 3.94. The monoisotopic (exact) mass is 753 g/mol. The summed E-state index contributed by atoms with van der Waals surface area (Å²) in [6.07, 6.45) is 9.22. The minimum atomic E-state index is 0.164. The van der Waals surface area contributed by atoms with Gasteiger partial charge in [0.2, 0.25) is 5.95 Å². The van der Waals surface area contributed by atoms with E-state index in [1.807, 2.05) is 6.07 Å². The Balaban J connectivity index is 1.09. The van der Waals surface area contributed by atoms with Crippen molar-refractivity contribution in [1.82, 2.24) is 19.1 Å². The second-order valence-electron chi connectivity index (χ2n) is 15.7. The van der Waals surface area contributed by atoms with Crippen molar-refractivity contribution in [2.75, 3.05) is 4.90 Å². The summed E-state index contributed by atoms with van der Waals surface area (Å²) >= 11 is 0. The van der Waals surface area contributed by atoms with E-state index in [-0.39, 0.29) is 12.0 Å². The summed E-state index contributed by atoms with van der Waals surface area (Å²) in [6, 6.07) is 63.4. The van der Waals surface area contributed by atoms with Gasteiger partial charge in [0, 0.05) is 55.2 Å². The van der Waals surface area contributed by atoms with Crippen molar-refractivity contribution < 1.29 is 0 Å². The quantitative estimate of drug-likeness (QED) is 0.180. The summed E-state index contributed by atoms with van der Waals surface area (Å²) in [5.74, 6) is 0.848. The van der Waals surface area contributed by atoms with Gasteiger partial charge in [0.05, 0.1) is 45.0 Å². The van der Waals surface area contributed by atoms with Crippen LogP contribution < -0.4 is 4.90 Å². The third kappa shape index (κ3) is 4.55. The van der Waals surface area contributed by atoms with Gasteiger partial charge in [-0.1, -0.05) is 152 Å². The Morgan fingerprint density at radius 2 is 1.03 bits per heavy atom. The highest BCUT2D eigenvalue weighted by molar-refractivity contribution is 6.18. The molecule has 0 spiro atoms. The van der Waals surface area contributed by atoms with E-state index in [2.05, 4.69) is 208 Å². The number of aromatic nitrogens is 4. The summed E-state index contributed by atoms with van der Waals surface area (Å²) < 4.78 is 4.75. The Morgan fingerprint density at radius 3 is 1.90 bits per heavy atom. The molecular weight excluding hydrogens is 719 g/mol. The molecule has 5 nitrogen and oxygen atoms in total. The summed E-state index contributed by atoms with van der Waals surface area (Å²) in [5.41, 5.74) is 12.4. The van der Waals surface area contributed by atoms with Crippen LogP contribution in [0.4, 0.5) is 11.4 Å². The standard InChI is InChI=1S/C54H35N5/c1-2-17-35(18-3-1)53-37-21-6-10-25-41(37)55-54(56-53)59-45-28-13-7-22-38(45)50-46(30-15-31-47(50)59)58-44-27-12-9-24-40(44)52-49(58)33-32-48-51(52)39-23-8-11-26-43(39)57(48)42-29-14-19-34-16-4-5-20-36(34)42/h1-33,39,43H. The van der Waals surface area contributed by atoms with Crippen LogP contribution in [0.3, 0.4) is 0 Å². The van der Waals surface area contributed by atoms with Crippen LogP contribution in [0.2, 0.25) is 0 Å². The molecule has 5 heteroatoms.